The third-order valence-electron chi connectivity index (χ3n) is 1.78. The fourth-order valence-corrected chi connectivity index (χ4v) is 2.20. The number of oxazole rings is 1. The summed E-state index contributed by atoms with van der Waals surface area (Å²) in [6, 6.07) is 1.39. The Labute approximate surface area is 109 Å². The maximum absolute atomic E-state index is 10.8. The van der Waals surface area contributed by atoms with Gasteiger partial charge in [0, 0.05) is 16.7 Å². The standard InChI is InChI=1S/C9H6BrN3O3S/c1-5-4-16-9(12-5)17-8-7(13(14)15)2-6(10)3-11-8/h2-4H,1H3. The monoisotopic (exact) mass is 315 g/mol. The van der Waals surface area contributed by atoms with E-state index in [0.29, 0.717) is 15.4 Å². The van der Waals surface area contributed by atoms with Crippen LogP contribution < -0.4 is 0 Å². The van der Waals surface area contributed by atoms with Crippen LogP contribution in [0.25, 0.3) is 0 Å². The highest BCUT2D eigenvalue weighted by Crippen LogP contribution is 2.33. The molecule has 0 unspecified atom stereocenters. The van der Waals surface area contributed by atoms with E-state index in [2.05, 4.69) is 25.9 Å². The van der Waals surface area contributed by atoms with Crippen LogP contribution in [0.15, 0.2) is 37.7 Å². The van der Waals surface area contributed by atoms with Gasteiger partial charge in [-0.25, -0.2) is 9.97 Å². The molecule has 17 heavy (non-hydrogen) atoms. The molecule has 0 fully saturated rings. The molecule has 0 aliphatic heterocycles. The summed E-state index contributed by atoms with van der Waals surface area (Å²) >= 11 is 4.16. The van der Waals surface area contributed by atoms with Crippen LogP contribution in [-0.2, 0) is 0 Å². The van der Waals surface area contributed by atoms with Gasteiger partial charge in [-0.05, 0) is 34.6 Å². The first-order valence-electron chi connectivity index (χ1n) is 4.46. The van der Waals surface area contributed by atoms with E-state index in [1.165, 1.54) is 18.5 Å². The van der Waals surface area contributed by atoms with E-state index in [9.17, 15) is 10.1 Å². The molecule has 8 heteroatoms. The van der Waals surface area contributed by atoms with E-state index in [4.69, 9.17) is 4.42 Å². The minimum absolute atomic E-state index is 0.0831. The predicted octanol–water partition coefficient (Wildman–Crippen LogP) is 3.20. The molecule has 2 aromatic heterocycles. The SMILES string of the molecule is Cc1coc(Sc2ncc(Br)cc2[N+](=O)[O-])n1. The highest BCUT2D eigenvalue weighted by Gasteiger charge is 2.19. The minimum Gasteiger partial charge on any atom is -0.439 e. The highest BCUT2D eigenvalue weighted by molar-refractivity contribution is 9.10. The van der Waals surface area contributed by atoms with Crippen molar-refractivity contribution >= 4 is 33.4 Å². The molecule has 0 atom stereocenters. The lowest BCUT2D eigenvalue weighted by Gasteiger charge is -1.98. The van der Waals surface area contributed by atoms with Crippen molar-refractivity contribution in [1.82, 2.24) is 9.97 Å². The van der Waals surface area contributed by atoms with Crippen molar-refractivity contribution in [3.63, 3.8) is 0 Å². The van der Waals surface area contributed by atoms with Gasteiger partial charge in [-0.3, -0.25) is 10.1 Å². The maximum atomic E-state index is 10.8. The smallest absolute Gasteiger partial charge is 0.303 e. The molecular weight excluding hydrogens is 310 g/mol. The van der Waals surface area contributed by atoms with Crippen LogP contribution in [0.3, 0.4) is 0 Å². The van der Waals surface area contributed by atoms with Crippen LogP contribution >= 0.6 is 27.7 Å². The maximum Gasteiger partial charge on any atom is 0.303 e. The van der Waals surface area contributed by atoms with Crippen molar-refractivity contribution in [2.24, 2.45) is 0 Å². The van der Waals surface area contributed by atoms with E-state index < -0.39 is 4.92 Å². The van der Waals surface area contributed by atoms with Crippen molar-refractivity contribution < 1.29 is 9.34 Å². The molecule has 2 rings (SSSR count). The highest BCUT2D eigenvalue weighted by atomic mass is 79.9. The van der Waals surface area contributed by atoms with Gasteiger partial charge in [-0.1, -0.05) is 0 Å². The fraction of sp³-hybridized carbons (Fsp3) is 0.111. The molecule has 0 spiro atoms. The van der Waals surface area contributed by atoms with Crippen molar-refractivity contribution in [3.05, 3.63) is 38.8 Å². The number of halogens is 1. The van der Waals surface area contributed by atoms with E-state index >= 15 is 0 Å². The van der Waals surface area contributed by atoms with Gasteiger partial charge >= 0.3 is 5.69 Å². The molecule has 0 radical (unpaired) electrons. The molecule has 88 valence electrons. The number of aryl methyl sites for hydroxylation is 1. The van der Waals surface area contributed by atoms with Gasteiger partial charge in [0.15, 0.2) is 5.03 Å². The van der Waals surface area contributed by atoms with E-state index in [1.54, 1.807) is 6.92 Å². The summed E-state index contributed by atoms with van der Waals surface area (Å²) in [6.07, 6.45) is 2.97. The largest absolute Gasteiger partial charge is 0.439 e. The Morgan fingerprint density at radius 3 is 2.94 bits per heavy atom. The summed E-state index contributed by atoms with van der Waals surface area (Å²) in [5, 5.41) is 11.4. The van der Waals surface area contributed by atoms with Gasteiger partial charge in [-0.2, -0.15) is 0 Å². The van der Waals surface area contributed by atoms with Crippen LogP contribution in [0.2, 0.25) is 0 Å². The van der Waals surface area contributed by atoms with Crippen molar-refractivity contribution in [3.8, 4) is 0 Å². The second-order valence-corrected chi connectivity index (χ2v) is 4.95. The topological polar surface area (TPSA) is 82.1 Å². The molecule has 0 N–H and O–H groups in total. The summed E-state index contributed by atoms with van der Waals surface area (Å²) in [6.45, 7) is 1.77. The van der Waals surface area contributed by atoms with Gasteiger partial charge in [0.1, 0.15) is 6.26 Å². The van der Waals surface area contributed by atoms with Crippen LogP contribution in [0.5, 0.6) is 0 Å². The zero-order chi connectivity index (χ0) is 12.4. The molecule has 0 aliphatic carbocycles. The lowest BCUT2D eigenvalue weighted by molar-refractivity contribution is -0.388. The summed E-state index contributed by atoms with van der Waals surface area (Å²) in [4.78, 5) is 18.4. The quantitative estimate of drug-likeness (QED) is 0.639. The number of rotatable bonds is 3. The molecule has 0 saturated carbocycles. The van der Waals surface area contributed by atoms with Crippen LogP contribution in [0.1, 0.15) is 5.69 Å². The Kier molecular flexibility index (Phi) is 3.43. The number of aromatic nitrogens is 2. The fourth-order valence-electron chi connectivity index (χ4n) is 1.09. The molecular formula is C9H6BrN3O3S. The number of hydrogen-bond donors (Lipinski definition) is 0. The summed E-state index contributed by atoms with van der Waals surface area (Å²) in [5.74, 6) is 0. The Bertz CT molecular complexity index is 572. The van der Waals surface area contributed by atoms with Crippen LogP contribution in [-0.4, -0.2) is 14.9 Å². The van der Waals surface area contributed by atoms with Gasteiger partial charge in [0.25, 0.3) is 5.22 Å². The first-order chi connectivity index (χ1) is 8.06. The number of nitro groups is 1. The molecule has 0 bridgehead atoms. The number of nitrogens with zero attached hydrogens (tertiary/aromatic N) is 3. The van der Waals surface area contributed by atoms with Crippen LogP contribution in [0.4, 0.5) is 5.69 Å². The lowest BCUT2D eigenvalue weighted by Crippen LogP contribution is -1.93. The Balaban J connectivity index is 2.35. The molecule has 0 amide bonds. The van der Waals surface area contributed by atoms with Gasteiger partial charge in [0.2, 0.25) is 0 Å². The minimum atomic E-state index is -0.490. The Morgan fingerprint density at radius 2 is 2.35 bits per heavy atom. The average Bonchev–Trinajstić information content (AvgIpc) is 2.66. The molecule has 2 heterocycles. The van der Waals surface area contributed by atoms with Crippen molar-refractivity contribution in [2.75, 3.05) is 0 Å². The first kappa shape index (κ1) is 12.1. The third-order valence-corrected chi connectivity index (χ3v) is 3.08. The molecule has 0 saturated heterocycles. The zero-order valence-electron chi connectivity index (χ0n) is 8.58. The molecule has 6 nitrogen and oxygen atoms in total. The third kappa shape index (κ3) is 2.83. The second-order valence-electron chi connectivity index (χ2n) is 3.09. The first-order valence-corrected chi connectivity index (χ1v) is 6.07. The van der Waals surface area contributed by atoms with E-state index in [1.807, 2.05) is 0 Å². The number of hydrogen-bond acceptors (Lipinski definition) is 6. The normalized spacial score (nSPS) is 10.5. The van der Waals surface area contributed by atoms with Crippen molar-refractivity contribution in [2.45, 2.75) is 17.2 Å². The Morgan fingerprint density at radius 1 is 1.59 bits per heavy atom. The summed E-state index contributed by atoms with van der Waals surface area (Å²) < 4.78 is 5.66. The Hall–Kier alpha value is -1.41. The van der Waals surface area contributed by atoms with Crippen LogP contribution in [0, 0.1) is 17.0 Å². The average molecular weight is 316 g/mol. The number of pyridine rings is 1. The van der Waals surface area contributed by atoms with Crippen molar-refractivity contribution in [1.29, 1.82) is 0 Å². The summed E-state index contributed by atoms with van der Waals surface area (Å²) in [5.41, 5.74) is 0.632. The molecule has 0 aliphatic rings. The lowest BCUT2D eigenvalue weighted by atomic mass is 10.4. The van der Waals surface area contributed by atoms with E-state index in [0.717, 1.165) is 11.8 Å². The van der Waals surface area contributed by atoms with Gasteiger partial charge in [-0.15, -0.1) is 0 Å². The molecule has 2 aromatic rings. The summed E-state index contributed by atoms with van der Waals surface area (Å²) in [7, 11) is 0. The van der Waals surface area contributed by atoms with Gasteiger partial charge < -0.3 is 4.42 Å². The van der Waals surface area contributed by atoms with Gasteiger partial charge in [0.05, 0.1) is 10.6 Å². The predicted molar refractivity (Wildman–Crippen MR) is 64.0 cm³/mol. The second kappa shape index (κ2) is 4.84. The van der Waals surface area contributed by atoms with E-state index in [-0.39, 0.29) is 10.7 Å². The zero-order valence-corrected chi connectivity index (χ0v) is 11.0. The molecule has 0 aromatic carbocycles.